The van der Waals surface area contributed by atoms with Crippen molar-refractivity contribution in [1.82, 2.24) is 9.62 Å². The van der Waals surface area contributed by atoms with Crippen molar-refractivity contribution in [2.24, 2.45) is 5.92 Å². The number of halogens is 3. The fourth-order valence-electron chi connectivity index (χ4n) is 4.87. The van der Waals surface area contributed by atoms with Crippen molar-refractivity contribution in [1.29, 1.82) is 0 Å². The number of carbonyl (C=O) groups excluding carboxylic acids is 1. The molecule has 6 nitrogen and oxygen atoms in total. The molecule has 1 amide bonds. The van der Waals surface area contributed by atoms with Crippen molar-refractivity contribution in [2.45, 2.75) is 88.6 Å². The summed E-state index contributed by atoms with van der Waals surface area (Å²) in [5.41, 5.74) is 0.00428. The van der Waals surface area contributed by atoms with Crippen LogP contribution in [0.5, 0.6) is 0 Å². The van der Waals surface area contributed by atoms with E-state index < -0.39 is 45.2 Å². The number of nitrogens with zero attached hydrogens (tertiary/aromatic N) is 1. The van der Waals surface area contributed by atoms with E-state index in [1.165, 1.54) is 0 Å². The van der Waals surface area contributed by atoms with Gasteiger partial charge in [0.1, 0.15) is 5.82 Å². The molecule has 2 heterocycles. The Morgan fingerprint density at radius 3 is 2.21 bits per heavy atom. The first kappa shape index (κ1) is 25.7. The van der Waals surface area contributed by atoms with Crippen LogP contribution >= 0.6 is 0 Å². The number of amides is 1. The molecule has 2 saturated heterocycles. The highest BCUT2D eigenvalue weighted by Crippen LogP contribution is 2.41. The minimum atomic E-state index is -1.47. The zero-order valence-corrected chi connectivity index (χ0v) is 19.9. The van der Waals surface area contributed by atoms with Crippen LogP contribution in [0.25, 0.3) is 0 Å². The molecule has 2 fully saturated rings. The minimum absolute atomic E-state index is 0.00428. The van der Waals surface area contributed by atoms with E-state index >= 15 is 0 Å². The number of benzene rings is 1. The summed E-state index contributed by atoms with van der Waals surface area (Å²) in [7, 11) is -1.47. The molecule has 2 N–H and O–H groups in total. The van der Waals surface area contributed by atoms with Gasteiger partial charge < -0.3 is 10.0 Å². The molecule has 1 aromatic rings. The first-order valence-corrected chi connectivity index (χ1v) is 12.4. The number of piperidine rings is 1. The van der Waals surface area contributed by atoms with Gasteiger partial charge in [-0.1, -0.05) is 0 Å². The van der Waals surface area contributed by atoms with E-state index in [0.717, 1.165) is 18.9 Å². The topological polar surface area (TPSA) is 86.7 Å². The summed E-state index contributed by atoms with van der Waals surface area (Å²) in [6.07, 6.45) is 2.50. The molecule has 0 saturated carbocycles. The van der Waals surface area contributed by atoms with E-state index in [0.29, 0.717) is 18.9 Å². The van der Waals surface area contributed by atoms with Crippen LogP contribution in [-0.2, 0) is 27.0 Å². The predicted octanol–water partition coefficient (Wildman–Crippen LogP) is 3.70. The van der Waals surface area contributed by atoms with Gasteiger partial charge in [-0.25, -0.2) is 22.1 Å². The molecule has 10 heteroatoms. The van der Waals surface area contributed by atoms with Crippen LogP contribution in [0.3, 0.4) is 0 Å². The van der Waals surface area contributed by atoms with Crippen molar-refractivity contribution in [3.05, 3.63) is 35.1 Å². The zero-order chi connectivity index (χ0) is 24.5. The summed E-state index contributed by atoms with van der Waals surface area (Å²) in [5, 5.41) is 8.88. The average molecular weight is 489 g/mol. The maximum atomic E-state index is 14.4. The van der Waals surface area contributed by atoms with E-state index in [1.54, 1.807) is 25.7 Å². The average Bonchev–Trinajstić information content (AvgIpc) is 2.98. The smallest absolute Gasteiger partial charge is 0.303 e. The Balaban J connectivity index is 1.80. The molecule has 0 aliphatic carbocycles. The van der Waals surface area contributed by atoms with Crippen LogP contribution in [0.15, 0.2) is 12.1 Å². The maximum Gasteiger partial charge on any atom is 0.303 e. The molecule has 2 aliphatic heterocycles. The van der Waals surface area contributed by atoms with Crippen molar-refractivity contribution in [2.75, 3.05) is 0 Å². The lowest BCUT2D eigenvalue weighted by Gasteiger charge is -2.42. The SMILES string of the molecule is CC(C)(C)S(=O)N[C@H](Cc1cc(F)c(F)cc1F)C1C[C@H]2CC[C@@H](C1)N2C(=O)CCC(=O)O. The Hall–Kier alpha value is -1.94. The minimum Gasteiger partial charge on any atom is -0.481 e. The molecule has 1 aromatic carbocycles. The maximum absolute atomic E-state index is 14.4. The van der Waals surface area contributed by atoms with E-state index in [1.807, 2.05) is 0 Å². The van der Waals surface area contributed by atoms with Crippen LogP contribution in [-0.4, -0.2) is 49.0 Å². The summed E-state index contributed by atoms with van der Waals surface area (Å²) in [5.74, 6) is -4.52. The van der Waals surface area contributed by atoms with E-state index in [4.69, 9.17) is 5.11 Å². The predicted molar refractivity (Wildman–Crippen MR) is 118 cm³/mol. The quantitative estimate of drug-likeness (QED) is 0.547. The third-order valence-electron chi connectivity index (χ3n) is 6.52. The van der Waals surface area contributed by atoms with Crippen LogP contribution in [0.2, 0.25) is 0 Å². The number of carbonyl (C=O) groups is 2. The van der Waals surface area contributed by atoms with Gasteiger partial charge in [-0.3, -0.25) is 9.59 Å². The number of fused-ring (bicyclic) bond motifs is 2. The summed E-state index contributed by atoms with van der Waals surface area (Å²) in [6.45, 7) is 5.41. The number of carboxylic acid groups (broad SMARTS) is 1. The lowest BCUT2D eigenvalue weighted by molar-refractivity contribution is -0.143. The van der Waals surface area contributed by atoms with Gasteiger partial charge in [0.2, 0.25) is 5.91 Å². The second-order valence-electron chi connectivity index (χ2n) is 9.98. The molecule has 0 aromatic heterocycles. The van der Waals surface area contributed by atoms with Gasteiger partial charge in [0, 0.05) is 30.6 Å². The zero-order valence-electron chi connectivity index (χ0n) is 19.1. The monoisotopic (exact) mass is 488 g/mol. The lowest BCUT2D eigenvalue weighted by Crippen LogP contribution is -2.52. The molecule has 0 radical (unpaired) electrons. The van der Waals surface area contributed by atoms with Crippen LogP contribution in [0.4, 0.5) is 13.2 Å². The van der Waals surface area contributed by atoms with Crippen LogP contribution in [0.1, 0.15) is 64.9 Å². The Morgan fingerprint density at radius 2 is 1.67 bits per heavy atom. The summed E-state index contributed by atoms with van der Waals surface area (Å²) >= 11 is 0. The summed E-state index contributed by atoms with van der Waals surface area (Å²) in [6, 6.07) is 0.757. The van der Waals surface area contributed by atoms with Gasteiger partial charge in [0.25, 0.3) is 0 Å². The lowest BCUT2D eigenvalue weighted by atomic mass is 9.82. The molecule has 184 valence electrons. The highest BCUT2D eigenvalue weighted by molar-refractivity contribution is 7.84. The number of rotatable bonds is 8. The number of hydrogen-bond acceptors (Lipinski definition) is 3. The second-order valence-corrected chi connectivity index (χ2v) is 12.0. The summed E-state index contributed by atoms with van der Waals surface area (Å²) < 4.78 is 57.0. The number of nitrogens with one attached hydrogen (secondary N) is 1. The Labute approximate surface area is 194 Å². The second kappa shape index (κ2) is 10.1. The fourth-order valence-corrected chi connectivity index (χ4v) is 5.78. The van der Waals surface area contributed by atoms with Crippen molar-refractivity contribution >= 4 is 22.9 Å². The van der Waals surface area contributed by atoms with Gasteiger partial charge in [0.15, 0.2) is 11.6 Å². The van der Waals surface area contributed by atoms with E-state index in [2.05, 4.69) is 4.72 Å². The Morgan fingerprint density at radius 1 is 1.09 bits per heavy atom. The summed E-state index contributed by atoms with van der Waals surface area (Å²) in [4.78, 5) is 25.3. The number of carboxylic acids is 1. The largest absolute Gasteiger partial charge is 0.481 e. The molecular weight excluding hydrogens is 457 g/mol. The highest BCUT2D eigenvalue weighted by Gasteiger charge is 2.45. The number of hydrogen-bond donors (Lipinski definition) is 2. The fraction of sp³-hybridized carbons (Fsp3) is 0.652. The van der Waals surface area contributed by atoms with Gasteiger partial charge in [-0.15, -0.1) is 0 Å². The molecule has 2 aliphatic rings. The third-order valence-corrected chi connectivity index (χ3v) is 8.15. The van der Waals surface area contributed by atoms with Crippen LogP contribution in [0, 0.1) is 23.4 Å². The highest BCUT2D eigenvalue weighted by atomic mass is 32.2. The number of aliphatic carboxylic acids is 1. The Bertz CT molecular complexity index is 923. The molecule has 2 bridgehead atoms. The molecule has 0 spiro atoms. The van der Waals surface area contributed by atoms with Gasteiger partial charge >= 0.3 is 5.97 Å². The van der Waals surface area contributed by atoms with Crippen molar-refractivity contribution in [3.8, 4) is 0 Å². The Kier molecular flexibility index (Phi) is 7.88. The van der Waals surface area contributed by atoms with Crippen molar-refractivity contribution < 1.29 is 32.1 Å². The van der Waals surface area contributed by atoms with E-state index in [-0.39, 0.29) is 48.7 Å². The van der Waals surface area contributed by atoms with E-state index in [9.17, 15) is 27.0 Å². The van der Waals surface area contributed by atoms with Crippen LogP contribution < -0.4 is 4.72 Å². The standard InChI is InChI=1S/C23H31F3N2O4S/c1-23(2,3)33(32)27-20(11-13-10-18(25)19(26)12-17(13)24)14-8-15-4-5-16(9-14)28(15)21(29)6-7-22(30)31/h10,12,14-16,20,27H,4-9,11H2,1-3H3,(H,30,31)/t14?,15-,16+,20-,33?/m1/s1. The van der Waals surface area contributed by atoms with Gasteiger partial charge in [0.05, 0.1) is 22.2 Å². The molecule has 5 atom stereocenters. The van der Waals surface area contributed by atoms with Gasteiger partial charge in [-0.2, -0.15) is 0 Å². The normalized spacial score (nSPS) is 24.5. The molecule has 2 unspecified atom stereocenters. The first-order valence-electron chi connectivity index (χ1n) is 11.2. The first-order chi connectivity index (χ1) is 15.4. The molecule has 33 heavy (non-hydrogen) atoms. The van der Waals surface area contributed by atoms with Crippen molar-refractivity contribution in [3.63, 3.8) is 0 Å². The van der Waals surface area contributed by atoms with Gasteiger partial charge in [-0.05, 0) is 70.4 Å². The molecular formula is C23H31F3N2O4S. The third kappa shape index (κ3) is 6.15. The molecule has 3 rings (SSSR count).